The van der Waals surface area contributed by atoms with Crippen molar-refractivity contribution < 1.29 is 4.79 Å². The summed E-state index contributed by atoms with van der Waals surface area (Å²) in [7, 11) is 1.50. The maximum Gasteiger partial charge on any atom is 0.120 e. The highest BCUT2D eigenvalue weighted by molar-refractivity contribution is 8.69. The molecular weight excluding hydrogens is 152 g/mol. The Kier molecular flexibility index (Phi) is 4.40. The van der Waals surface area contributed by atoms with Gasteiger partial charge in [0.05, 0.1) is 0 Å². The summed E-state index contributed by atoms with van der Waals surface area (Å²) in [4.78, 5) is 9.93. The van der Waals surface area contributed by atoms with Crippen LogP contribution in [0.15, 0.2) is 0 Å². The predicted molar refractivity (Wildman–Crippen MR) is 46.0 cm³/mol. The third-order valence-electron chi connectivity index (χ3n) is 1.11. The Balaban J connectivity index is 3.44. The number of carbonyl (C=O) groups is 1. The third kappa shape index (κ3) is 4.85. The zero-order chi connectivity index (χ0) is 7.33. The second-order valence-corrected chi connectivity index (χ2v) is 4.39. The second-order valence-electron chi connectivity index (χ2n) is 2.56. The van der Waals surface area contributed by atoms with Crippen molar-refractivity contribution in [2.24, 2.45) is 0 Å². The SMILES string of the molecule is CC(C)(CCC=O)SS. The van der Waals surface area contributed by atoms with Crippen molar-refractivity contribution in [2.75, 3.05) is 0 Å². The smallest absolute Gasteiger partial charge is 0.120 e. The van der Waals surface area contributed by atoms with E-state index >= 15 is 0 Å². The summed E-state index contributed by atoms with van der Waals surface area (Å²) >= 11 is 4.07. The van der Waals surface area contributed by atoms with Crippen molar-refractivity contribution in [1.82, 2.24) is 0 Å². The lowest BCUT2D eigenvalue weighted by Crippen LogP contribution is -2.11. The first-order chi connectivity index (χ1) is 4.12. The molecule has 0 amide bonds. The molecule has 0 rings (SSSR count). The molecule has 0 fully saturated rings. The molecule has 3 heteroatoms. The summed E-state index contributed by atoms with van der Waals surface area (Å²) in [6.07, 6.45) is 2.50. The lowest BCUT2D eigenvalue weighted by Gasteiger charge is -2.18. The maximum atomic E-state index is 9.93. The van der Waals surface area contributed by atoms with Crippen LogP contribution in [0.5, 0.6) is 0 Å². The van der Waals surface area contributed by atoms with Gasteiger partial charge >= 0.3 is 0 Å². The first-order valence-corrected chi connectivity index (χ1v) is 4.75. The lowest BCUT2D eigenvalue weighted by molar-refractivity contribution is -0.108. The molecule has 0 aromatic carbocycles. The summed E-state index contributed by atoms with van der Waals surface area (Å²) in [5.74, 6) is 0. The average Bonchev–Trinajstić information content (AvgIpc) is 1.84. The molecule has 0 aliphatic carbocycles. The zero-order valence-electron chi connectivity index (χ0n) is 5.76. The van der Waals surface area contributed by atoms with E-state index < -0.39 is 0 Å². The first-order valence-electron chi connectivity index (χ1n) is 2.88. The second kappa shape index (κ2) is 4.23. The van der Waals surface area contributed by atoms with Crippen LogP contribution in [-0.2, 0) is 4.79 Å². The number of rotatable bonds is 4. The van der Waals surface area contributed by atoms with Crippen LogP contribution in [0.1, 0.15) is 26.7 Å². The molecule has 0 atom stereocenters. The molecule has 0 spiro atoms. The molecule has 0 bridgehead atoms. The Morgan fingerprint density at radius 3 is 2.56 bits per heavy atom. The molecule has 0 aliphatic rings. The molecule has 9 heavy (non-hydrogen) atoms. The molecule has 0 saturated carbocycles. The summed E-state index contributed by atoms with van der Waals surface area (Å²) in [6, 6.07) is 0. The zero-order valence-corrected chi connectivity index (χ0v) is 7.47. The van der Waals surface area contributed by atoms with E-state index in [0.29, 0.717) is 6.42 Å². The van der Waals surface area contributed by atoms with E-state index in [-0.39, 0.29) is 4.75 Å². The van der Waals surface area contributed by atoms with Crippen molar-refractivity contribution in [3.05, 3.63) is 0 Å². The van der Waals surface area contributed by atoms with Gasteiger partial charge in [-0.3, -0.25) is 0 Å². The molecule has 0 aliphatic heterocycles. The van der Waals surface area contributed by atoms with E-state index in [1.54, 1.807) is 0 Å². The van der Waals surface area contributed by atoms with Gasteiger partial charge in [-0.15, -0.1) is 11.7 Å². The van der Waals surface area contributed by atoms with Crippen LogP contribution in [-0.4, -0.2) is 11.0 Å². The Bertz CT molecular complexity index is 91.1. The van der Waals surface area contributed by atoms with E-state index in [0.717, 1.165) is 12.7 Å². The van der Waals surface area contributed by atoms with Crippen LogP contribution < -0.4 is 0 Å². The summed E-state index contributed by atoms with van der Waals surface area (Å²) in [6.45, 7) is 4.16. The Morgan fingerprint density at radius 1 is 1.67 bits per heavy atom. The van der Waals surface area contributed by atoms with Gasteiger partial charge in [-0.1, -0.05) is 10.8 Å². The minimum absolute atomic E-state index is 0.143. The Labute approximate surface area is 65.4 Å². The highest BCUT2D eigenvalue weighted by atomic mass is 33.1. The van der Waals surface area contributed by atoms with Gasteiger partial charge in [0.25, 0.3) is 0 Å². The molecular formula is C6H12OS2. The molecule has 0 unspecified atom stereocenters. The van der Waals surface area contributed by atoms with Crippen molar-refractivity contribution in [2.45, 2.75) is 31.4 Å². The summed E-state index contributed by atoms with van der Waals surface area (Å²) < 4.78 is 0.143. The van der Waals surface area contributed by atoms with E-state index in [4.69, 9.17) is 0 Å². The number of carbonyl (C=O) groups excluding carboxylic acids is 1. The molecule has 0 aromatic heterocycles. The maximum absolute atomic E-state index is 9.93. The van der Waals surface area contributed by atoms with Crippen molar-refractivity contribution in [1.29, 1.82) is 0 Å². The minimum Gasteiger partial charge on any atom is -0.303 e. The van der Waals surface area contributed by atoms with Crippen LogP contribution in [0.25, 0.3) is 0 Å². The van der Waals surface area contributed by atoms with Gasteiger partial charge in [-0.05, 0) is 20.3 Å². The van der Waals surface area contributed by atoms with Crippen molar-refractivity contribution in [3.8, 4) is 0 Å². The molecule has 54 valence electrons. The molecule has 1 nitrogen and oxygen atoms in total. The molecule has 0 radical (unpaired) electrons. The van der Waals surface area contributed by atoms with E-state index in [9.17, 15) is 4.79 Å². The summed E-state index contributed by atoms with van der Waals surface area (Å²) in [5, 5.41) is 0. The summed E-state index contributed by atoms with van der Waals surface area (Å²) in [5.41, 5.74) is 0. The quantitative estimate of drug-likeness (QED) is 0.390. The monoisotopic (exact) mass is 164 g/mol. The van der Waals surface area contributed by atoms with Gasteiger partial charge < -0.3 is 4.79 Å². The van der Waals surface area contributed by atoms with Crippen LogP contribution in [0.2, 0.25) is 0 Å². The van der Waals surface area contributed by atoms with Gasteiger partial charge in [0.15, 0.2) is 0 Å². The van der Waals surface area contributed by atoms with Gasteiger partial charge in [0.2, 0.25) is 0 Å². The molecule has 0 N–H and O–H groups in total. The fourth-order valence-corrected chi connectivity index (χ4v) is 0.935. The van der Waals surface area contributed by atoms with Crippen LogP contribution >= 0.6 is 22.5 Å². The molecule has 0 aromatic rings. The van der Waals surface area contributed by atoms with Crippen LogP contribution in [0, 0.1) is 0 Å². The molecule has 0 saturated heterocycles. The predicted octanol–water partition coefficient (Wildman–Crippen LogP) is 2.32. The van der Waals surface area contributed by atoms with E-state index in [1.165, 1.54) is 10.8 Å². The largest absolute Gasteiger partial charge is 0.303 e. The van der Waals surface area contributed by atoms with E-state index in [1.807, 2.05) is 0 Å². The minimum atomic E-state index is 0.143. The van der Waals surface area contributed by atoms with Gasteiger partial charge in [-0.25, -0.2) is 0 Å². The normalized spacial score (nSPS) is 11.4. The van der Waals surface area contributed by atoms with Crippen LogP contribution in [0.3, 0.4) is 0 Å². The molecule has 0 heterocycles. The highest BCUT2D eigenvalue weighted by Gasteiger charge is 2.14. The number of thiol groups is 1. The fraction of sp³-hybridized carbons (Fsp3) is 0.833. The lowest BCUT2D eigenvalue weighted by atomic mass is 10.1. The number of aldehydes is 1. The van der Waals surface area contributed by atoms with Crippen molar-refractivity contribution in [3.63, 3.8) is 0 Å². The number of hydrogen-bond donors (Lipinski definition) is 1. The standard InChI is InChI=1S/C6H12OS2/c1-6(2,9-8)4-3-5-7/h5,8H,3-4H2,1-2H3. The first kappa shape index (κ1) is 9.37. The van der Waals surface area contributed by atoms with Crippen LogP contribution in [0.4, 0.5) is 0 Å². The van der Waals surface area contributed by atoms with Gasteiger partial charge in [0, 0.05) is 11.2 Å². The van der Waals surface area contributed by atoms with Crippen molar-refractivity contribution >= 4 is 28.7 Å². The Morgan fingerprint density at radius 2 is 2.22 bits per heavy atom. The van der Waals surface area contributed by atoms with Gasteiger partial charge in [-0.2, -0.15) is 0 Å². The fourth-order valence-electron chi connectivity index (χ4n) is 0.452. The third-order valence-corrected chi connectivity index (χ3v) is 3.29. The number of hydrogen-bond acceptors (Lipinski definition) is 3. The Hall–Kier alpha value is 0.370. The average molecular weight is 164 g/mol. The topological polar surface area (TPSA) is 17.1 Å². The highest BCUT2D eigenvalue weighted by Crippen LogP contribution is 2.31. The van der Waals surface area contributed by atoms with Gasteiger partial charge in [0.1, 0.15) is 6.29 Å². The van der Waals surface area contributed by atoms with E-state index in [2.05, 4.69) is 25.5 Å².